The predicted octanol–water partition coefficient (Wildman–Crippen LogP) is 5.07. The minimum absolute atomic E-state index is 0.185. The first-order valence-corrected chi connectivity index (χ1v) is 9.08. The molecule has 0 aromatic heterocycles. The number of nitrogens with one attached hydrogen (secondary N) is 1. The normalized spacial score (nSPS) is 28.1. The molecule has 2 heteroatoms. The zero-order chi connectivity index (χ0) is 16.7. The number of carbonyl (C=O) groups is 1. The Labute approximate surface area is 144 Å². The third kappa shape index (κ3) is 2.54. The summed E-state index contributed by atoms with van der Waals surface area (Å²) >= 11 is 0. The number of carbonyl (C=O) groups excluding carboxylic acids is 1. The van der Waals surface area contributed by atoms with E-state index in [4.69, 9.17) is 0 Å². The van der Waals surface area contributed by atoms with Crippen molar-refractivity contribution in [3.63, 3.8) is 0 Å². The third-order valence-electron chi connectivity index (χ3n) is 6.05. The van der Waals surface area contributed by atoms with Crippen molar-refractivity contribution in [2.45, 2.75) is 39.0 Å². The van der Waals surface area contributed by atoms with Gasteiger partial charge in [0.15, 0.2) is 0 Å². The zero-order valence-electron chi connectivity index (χ0n) is 14.5. The summed E-state index contributed by atoms with van der Waals surface area (Å²) in [5.74, 6) is 2.01. The number of hydrogen-bond acceptors (Lipinski definition) is 1. The fourth-order valence-corrected chi connectivity index (χ4v) is 4.97. The maximum absolute atomic E-state index is 12.9. The Morgan fingerprint density at radius 2 is 1.71 bits per heavy atom. The van der Waals surface area contributed by atoms with Crippen molar-refractivity contribution < 1.29 is 4.79 Å². The van der Waals surface area contributed by atoms with Crippen LogP contribution in [0, 0.1) is 31.6 Å². The molecule has 0 aliphatic heterocycles. The number of anilines is 1. The molecule has 2 atom stereocenters. The minimum atomic E-state index is 0.185. The quantitative estimate of drug-likeness (QED) is 0.840. The van der Waals surface area contributed by atoms with Gasteiger partial charge >= 0.3 is 0 Å². The lowest BCUT2D eigenvalue weighted by Gasteiger charge is -2.55. The van der Waals surface area contributed by atoms with Crippen molar-refractivity contribution in [2.75, 3.05) is 5.32 Å². The van der Waals surface area contributed by atoms with Crippen LogP contribution in [0.15, 0.2) is 48.5 Å². The van der Waals surface area contributed by atoms with Crippen LogP contribution < -0.4 is 5.32 Å². The molecule has 4 rings (SSSR count). The molecular formula is C22H25NO. The van der Waals surface area contributed by atoms with Gasteiger partial charge < -0.3 is 5.32 Å². The fourth-order valence-electron chi connectivity index (χ4n) is 4.97. The van der Waals surface area contributed by atoms with Crippen molar-refractivity contribution in [2.24, 2.45) is 17.8 Å². The summed E-state index contributed by atoms with van der Waals surface area (Å²) in [6, 6.07) is 17.0. The van der Waals surface area contributed by atoms with Gasteiger partial charge in [0.25, 0.3) is 0 Å². The molecule has 2 aliphatic rings. The van der Waals surface area contributed by atoms with E-state index in [1.54, 1.807) is 0 Å². The summed E-state index contributed by atoms with van der Waals surface area (Å²) in [6.07, 6.45) is 3.63. The van der Waals surface area contributed by atoms with Gasteiger partial charge in [-0.15, -0.1) is 0 Å². The van der Waals surface area contributed by atoms with Crippen molar-refractivity contribution in [1.29, 1.82) is 0 Å². The van der Waals surface area contributed by atoms with Crippen LogP contribution in [0.25, 0.3) is 0 Å². The number of amides is 1. The van der Waals surface area contributed by atoms with Crippen molar-refractivity contribution in [3.05, 3.63) is 65.2 Å². The third-order valence-corrected chi connectivity index (χ3v) is 6.05. The summed E-state index contributed by atoms with van der Waals surface area (Å²) in [7, 11) is 0. The van der Waals surface area contributed by atoms with E-state index in [1.165, 1.54) is 30.4 Å². The summed E-state index contributed by atoms with van der Waals surface area (Å²) in [4.78, 5) is 12.9. The van der Waals surface area contributed by atoms with Gasteiger partial charge in [0.05, 0.1) is 0 Å². The Kier molecular flexibility index (Phi) is 3.91. The molecule has 1 N–H and O–H groups in total. The molecule has 2 aliphatic carbocycles. The van der Waals surface area contributed by atoms with Crippen LogP contribution in [0.5, 0.6) is 0 Å². The molecule has 0 spiro atoms. The van der Waals surface area contributed by atoms with E-state index in [0.29, 0.717) is 17.8 Å². The zero-order valence-corrected chi connectivity index (χ0v) is 14.5. The van der Waals surface area contributed by atoms with E-state index in [-0.39, 0.29) is 11.8 Å². The largest absolute Gasteiger partial charge is 0.326 e. The molecule has 0 saturated heterocycles. The molecule has 2 saturated carbocycles. The average Bonchev–Trinajstić information content (AvgIpc) is 2.59. The minimum Gasteiger partial charge on any atom is -0.326 e. The Morgan fingerprint density at radius 3 is 2.38 bits per heavy atom. The fraction of sp³-hybridized carbons (Fsp3) is 0.409. The molecule has 24 heavy (non-hydrogen) atoms. The van der Waals surface area contributed by atoms with Crippen LogP contribution in [0.2, 0.25) is 0 Å². The van der Waals surface area contributed by atoms with Gasteiger partial charge in [-0.1, -0.05) is 54.4 Å². The topological polar surface area (TPSA) is 29.1 Å². The van der Waals surface area contributed by atoms with Crippen LogP contribution in [0.1, 0.15) is 41.9 Å². The number of aryl methyl sites for hydroxylation is 2. The van der Waals surface area contributed by atoms with Crippen LogP contribution in [0.4, 0.5) is 5.69 Å². The number of benzene rings is 2. The molecule has 2 aromatic rings. The van der Waals surface area contributed by atoms with E-state index >= 15 is 0 Å². The SMILES string of the molecule is Cc1ccc(NC(=O)C2[C@@H]3CCC[C@@H]2C3c2ccccc2)c(C)c1. The van der Waals surface area contributed by atoms with Crippen LogP contribution in [0.3, 0.4) is 0 Å². The molecule has 2 fully saturated rings. The second-order valence-corrected chi connectivity index (χ2v) is 7.53. The Bertz CT molecular complexity index is 740. The van der Waals surface area contributed by atoms with Crippen LogP contribution in [-0.2, 0) is 4.79 Å². The highest BCUT2D eigenvalue weighted by Crippen LogP contribution is 2.60. The monoisotopic (exact) mass is 319 g/mol. The van der Waals surface area contributed by atoms with Gasteiger partial charge in [-0.25, -0.2) is 0 Å². The highest BCUT2D eigenvalue weighted by molar-refractivity contribution is 5.94. The number of hydrogen-bond donors (Lipinski definition) is 1. The molecule has 0 unspecified atom stereocenters. The molecule has 1 amide bonds. The lowest BCUT2D eigenvalue weighted by atomic mass is 9.48. The van der Waals surface area contributed by atoms with Gasteiger partial charge in [-0.3, -0.25) is 4.79 Å². The summed E-state index contributed by atoms with van der Waals surface area (Å²) in [6.45, 7) is 4.15. The van der Waals surface area contributed by atoms with Gasteiger partial charge in [-0.2, -0.15) is 0 Å². The van der Waals surface area contributed by atoms with E-state index in [9.17, 15) is 4.79 Å². The first kappa shape index (κ1) is 15.4. The summed E-state index contributed by atoms with van der Waals surface area (Å²) in [5.41, 5.74) is 4.76. The molecule has 124 valence electrons. The lowest BCUT2D eigenvalue weighted by Crippen LogP contribution is -2.53. The van der Waals surface area contributed by atoms with Gasteiger partial charge in [0, 0.05) is 11.6 Å². The van der Waals surface area contributed by atoms with E-state index < -0.39 is 0 Å². The Balaban J connectivity index is 1.52. The second-order valence-electron chi connectivity index (χ2n) is 7.53. The lowest BCUT2D eigenvalue weighted by molar-refractivity contribution is -0.135. The van der Waals surface area contributed by atoms with E-state index in [0.717, 1.165) is 11.3 Å². The van der Waals surface area contributed by atoms with Gasteiger partial charge in [-0.05, 0) is 61.6 Å². The number of rotatable bonds is 3. The van der Waals surface area contributed by atoms with E-state index in [1.807, 2.05) is 6.07 Å². The molecule has 2 bridgehead atoms. The molecule has 2 nitrogen and oxygen atoms in total. The Morgan fingerprint density at radius 1 is 1.00 bits per heavy atom. The maximum atomic E-state index is 12.9. The standard InChI is InChI=1S/C22H25NO/c1-14-11-12-19(15(2)13-14)23-22(24)21-17-9-6-10-18(21)20(17)16-7-4-3-5-8-16/h3-5,7-8,11-13,17-18,20-21H,6,9-10H2,1-2H3,(H,23,24)/t17-,18-,20?,21?/m1/s1. The molecular weight excluding hydrogens is 294 g/mol. The van der Waals surface area contributed by atoms with Gasteiger partial charge in [0.1, 0.15) is 0 Å². The van der Waals surface area contributed by atoms with Crippen LogP contribution >= 0.6 is 0 Å². The average molecular weight is 319 g/mol. The maximum Gasteiger partial charge on any atom is 0.228 e. The van der Waals surface area contributed by atoms with Gasteiger partial charge in [0.2, 0.25) is 5.91 Å². The van der Waals surface area contributed by atoms with Crippen molar-refractivity contribution in [3.8, 4) is 0 Å². The Hall–Kier alpha value is -2.09. The molecule has 0 heterocycles. The second kappa shape index (κ2) is 6.08. The van der Waals surface area contributed by atoms with Crippen molar-refractivity contribution in [1.82, 2.24) is 0 Å². The van der Waals surface area contributed by atoms with E-state index in [2.05, 4.69) is 61.6 Å². The highest BCUT2D eigenvalue weighted by atomic mass is 16.2. The molecule has 2 aromatic carbocycles. The smallest absolute Gasteiger partial charge is 0.228 e. The first-order chi connectivity index (χ1) is 11.6. The van der Waals surface area contributed by atoms with Crippen molar-refractivity contribution >= 4 is 11.6 Å². The highest BCUT2D eigenvalue weighted by Gasteiger charge is 2.55. The first-order valence-electron chi connectivity index (χ1n) is 9.08. The molecule has 0 radical (unpaired) electrons. The summed E-state index contributed by atoms with van der Waals surface area (Å²) < 4.78 is 0. The predicted molar refractivity (Wildman–Crippen MR) is 98.0 cm³/mol. The summed E-state index contributed by atoms with van der Waals surface area (Å²) in [5, 5.41) is 3.20. The number of fused-ring (bicyclic) bond motifs is 2. The van der Waals surface area contributed by atoms with Crippen LogP contribution in [-0.4, -0.2) is 5.91 Å².